The molecule has 7 nitrogen and oxygen atoms in total. The first-order valence-electron chi connectivity index (χ1n) is 10.0. The normalized spacial score (nSPS) is 15.0. The molecule has 2 aromatic heterocycles. The molecule has 1 aromatic carbocycles. The van der Waals surface area contributed by atoms with Crippen LogP contribution in [0.1, 0.15) is 42.8 Å². The summed E-state index contributed by atoms with van der Waals surface area (Å²) in [6, 6.07) is 9.55. The van der Waals surface area contributed by atoms with Crippen molar-refractivity contribution in [2.75, 3.05) is 18.5 Å². The first-order chi connectivity index (χ1) is 14.4. The fraction of sp³-hybridized carbons (Fsp3) is 0.409. The number of nitrogens with one attached hydrogen (secondary N) is 1. The van der Waals surface area contributed by atoms with Gasteiger partial charge in [-0.3, -0.25) is 0 Å². The van der Waals surface area contributed by atoms with Crippen LogP contribution in [-0.2, 0) is 17.7 Å². The molecular formula is C22H26N4O3S. The predicted octanol–water partition coefficient (Wildman–Crippen LogP) is 4.13. The van der Waals surface area contributed by atoms with Crippen LogP contribution >= 0.6 is 11.3 Å². The van der Waals surface area contributed by atoms with Crippen molar-refractivity contribution in [1.82, 2.24) is 14.9 Å². The van der Waals surface area contributed by atoms with Gasteiger partial charge in [0.1, 0.15) is 22.6 Å². The molecule has 8 heteroatoms. The quantitative estimate of drug-likeness (QED) is 0.652. The number of carbonyl (C=O) groups excluding carboxylic acids is 1. The number of benzene rings is 1. The Morgan fingerprint density at radius 1 is 1.30 bits per heavy atom. The van der Waals surface area contributed by atoms with Crippen LogP contribution in [0, 0.1) is 0 Å². The molecule has 2 N–H and O–H groups in total. The van der Waals surface area contributed by atoms with E-state index in [1.807, 2.05) is 51.1 Å². The molecule has 0 saturated carbocycles. The molecular weight excluding hydrogens is 400 g/mol. The number of aromatic nitrogens is 2. The first-order valence-corrected chi connectivity index (χ1v) is 10.8. The second-order valence-corrected chi connectivity index (χ2v) is 9.43. The van der Waals surface area contributed by atoms with Gasteiger partial charge in [0.15, 0.2) is 0 Å². The molecule has 158 valence electrons. The fourth-order valence-corrected chi connectivity index (χ4v) is 4.81. The summed E-state index contributed by atoms with van der Waals surface area (Å²) in [5.74, 6) is 0.714. The van der Waals surface area contributed by atoms with Crippen molar-refractivity contribution in [3.63, 3.8) is 0 Å². The lowest BCUT2D eigenvalue weighted by atomic mass is 10.0. The molecule has 30 heavy (non-hydrogen) atoms. The lowest BCUT2D eigenvalue weighted by Crippen LogP contribution is -2.39. The highest BCUT2D eigenvalue weighted by Crippen LogP contribution is 2.38. The summed E-state index contributed by atoms with van der Waals surface area (Å²) in [5, 5.41) is 14.3. The van der Waals surface area contributed by atoms with Gasteiger partial charge in [-0.1, -0.05) is 30.3 Å². The van der Waals surface area contributed by atoms with Gasteiger partial charge in [0, 0.05) is 11.4 Å². The van der Waals surface area contributed by atoms with Crippen LogP contribution in [-0.4, -0.2) is 44.8 Å². The number of ether oxygens (including phenoxy) is 1. The molecule has 0 fully saturated rings. The zero-order valence-corrected chi connectivity index (χ0v) is 18.2. The molecule has 1 aliphatic rings. The molecule has 0 radical (unpaired) electrons. The number of nitrogens with zero attached hydrogens (tertiary/aromatic N) is 3. The van der Waals surface area contributed by atoms with Crippen LogP contribution < -0.4 is 5.32 Å². The fourth-order valence-electron chi connectivity index (χ4n) is 3.60. The van der Waals surface area contributed by atoms with Crippen LogP contribution in [0.4, 0.5) is 10.6 Å². The van der Waals surface area contributed by atoms with Gasteiger partial charge in [0.05, 0.1) is 24.6 Å². The van der Waals surface area contributed by atoms with Crippen LogP contribution in [0.15, 0.2) is 36.7 Å². The van der Waals surface area contributed by atoms with E-state index in [4.69, 9.17) is 4.74 Å². The number of aliphatic hydroxyl groups excluding tert-OH is 1. The molecule has 0 bridgehead atoms. The monoisotopic (exact) mass is 426 g/mol. The van der Waals surface area contributed by atoms with Crippen molar-refractivity contribution in [3.05, 3.63) is 52.7 Å². The van der Waals surface area contributed by atoms with Gasteiger partial charge < -0.3 is 20.1 Å². The third kappa shape index (κ3) is 4.24. The Morgan fingerprint density at radius 3 is 2.77 bits per heavy atom. The van der Waals surface area contributed by atoms with Gasteiger partial charge in [-0.25, -0.2) is 14.8 Å². The van der Waals surface area contributed by atoms with Gasteiger partial charge in [-0.05, 0) is 38.3 Å². The van der Waals surface area contributed by atoms with Crippen molar-refractivity contribution in [3.8, 4) is 0 Å². The number of amides is 1. The number of aliphatic hydroxyl groups is 1. The summed E-state index contributed by atoms with van der Waals surface area (Å²) in [5.41, 5.74) is 1.64. The predicted molar refractivity (Wildman–Crippen MR) is 118 cm³/mol. The summed E-state index contributed by atoms with van der Waals surface area (Å²) >= 11 is 1.58. The molecule has 0 unspecified atom stereocenters. The zero-order chi connectivity index (χ0) is 21.3. The van der Waals surface area contributed by atoms with Crippen molar-refractivity contribution >= 4 is 33.5 Å². The van der Waals surface area contributed by atoms with Gasteiger partial charge in [0.2, 0.25) is 0 Å². The number of hydrogen-bond acceptors (Lipinski definition) is 7. The van der Waals surface area contributed by atoms with Gasteiger partial charge in [-0.2, -0.15) is 0 Å². The molecule has 1 aliphatic heterocycles. The van der Waals surface area contributed by atoms with E-state index in [2.05, 4.69) is 15.3 Å². The Bertz CT molecular complexity index is 1050. The molecule has 3 aromatic rings. The van der Waals surface area contributed by atoms with E-state index < -0.39 is 5.60 Å². The van der Waals surface area contributed by atoms with Crippen LogP contribution in [0.3, 0.4) is 0 Å². The van der Waals surface area contributed by atoms with E-state index in [9.17, 15) is 9.90 Å². The Morgan fingerprint density at radius 2 is 2.07 bits per heavy atom. The van der Waals surface area contributed by atoms with Crippen molar-refractivity contribution < 1.29 is 14.6 Å². The number of carbonyl (C=O) groups is 1. The Labute approximate surface area is 179 Å². The van der Waals surface area contributed by atoms with E-state index in [1.54, 1.807) is 16.2 Å². The Hall–Kier alpha value is -2.71. The number of thiophene rings is 1. The summed E-state index contributed by atoms with van der Waals surface area (Å²) in [6.45, 7) is 6.66. The van der Waals surface area contributed by atoms with E-state index >= 15 is 0 Å². The number of rotatable bonds is 4. The van der Waals surface area contributed by atoms with E-state index in [1.165, 1.54) is 11.9 Å². The average Bonchev–Trinajstić information content (AvgIpc) is 3.10. The second kappa shape index (κ2) is 8.20. The lowest BCUT2D eigenvalue weighted by Gasteiger charge is -2.30. The Balaban J connectivity index is 1.62. The molecule has 0 aliphatic carbocycles. The highest BCUT2D eigenvalue weighted by Gasteiger charge is 2.29. The molecule has 0 saturated heterocycles. The number of anilines is 1. The first kappa shape index (κ1) is 20.6. The van der Waals surface area contributed by atoms with E-state index in [-0.39, 0.29) is 18.7 Å². The molecule has 1 amide bonds. The summed E-state index contributed by atoms with van der Waals surface area (Å²) in [6.07, 6.45) is 1.96. The summed E-state index contributed by atoms with van der Waals surface area (Å²) in [4.78, 5) is 25.1. The third-order valence-electron chi connectivity index (χ3n) is 4.98. The van der Waals surface area contributed by atoms with Crippen molar-refractivity contribution in [2.45, 2.75) is 45.4 Å². The van der Waals surface area contributed by atoms with Crippen LogP contribution in [0.5, 0.6) is 0 Å². The van der Waals surface area contributed by atoms with Gasteiger partial charge in [0.25, 0.3) is 0 Å². The Kier molecular flexibility index (Phi) is 5.62. The van der Waals surface area contributed by atoms with Gasteiger partial charge in [-0.15, -0.1) is 11.3 Å². The molecule has 1 atom stereocenters. The van der Waals surface area contributed by atoms with Crippen molar-refractivity contribution in [1.29, 1.82) is 0 Å². The summed E-state index contributed by atoms with van der Waals surface area (Å²) in [7, 11) is 0. The van der Waals surface area contributed by atoms with E-state index in [0.29, 0.717) is 25.3 Å². The zero-order valence-electron chi connectivity index (χ0n) is 17.4. The largest absolute Gasteiger partial charge is 0.444 e. The minimum atomic E-state index is -0.517. The molecule has 3 heterocycles. The van der Waals surface area contributed by atoms with Crippen LogP contribution in [0.25, 0.3) is 10.2 Å². The lowest BCUT2D eigenvalue weighted by molar-refractivity contribution is 0.0227. The van der Waals surface area contributed by atoms with Gasteiger partial charge >= 0.3 is 6.09 Å². The topological polar surface area (TPSA) is 87.6 Å². The standard InChI is InChI=1S/C22H26N4O3S/c1-22(2,3)29-21(28)26-10-9-15-17(11-26)30-20-18(15)19(23-13-24-20)25-16(12-27)14-7-5-4-6-8-14/h4-8,13,16,27H,9-12H2,1-3H3,(H,23,24,25)/t16-/m1/s1. The molecule has 4 rings (SSSR count). The number of fused-ring (bicyclic) bond motifs is 3. The maximum atomic E-state index is 12.5. The maximum Gasteiger partial charge on any atom is 0.410 e. The SMILES string of the molecule is CC(C)(C)OC(=O)N1CCc2c(sc3ncnc(N[C@H](CO)c4ccccc4)c23)C1. The summed E-state index contributed by atoms with van der Waals surface area (Å²) < 4.78 is 5.53. The molecule has 0 spiro atoms. The highest BCUT2D eigenvalue weighted by atomic mass is 32.1. The minimum absolute atomic E-state index is 0.0474. The second-order valence-electron chi connectivity index (χ2n) is 8.35. The minimum Gasteiger partial charge on any atom is -0.444 e. The van der Waals surface area contributed by atoms with E-state index in [0.717, 1.165) is 20.7 Å². The average molecular weight is 427 g/mol. The highest BCUT2D eigenvalue weighted by molar-refractivity contribution is 7.19. The maximum absolute atomic E-state index is 12.5. The van der Waals surface area contributed by atoms with Crippen molar-refractivity contribution in [2.24, 2.45) is 0 Å². The number of hydrogen-bond donors (Lipinski definition) is 2. The smallest absolute Gasteiger partial charge is 0.410 e. The van der Waals surface area contributed by atoms with Crippen LogP contribution in [0.2, 0.25) is 0 Å². The third-order valence-corrected chi connectivity index (χ3v) is 6.11.